The Balaban J connectivity index is 1.40. The largest absolute Gasteiger partial charge is 0.457 e. The molecular weight excluding hydrogens is 506 g/mol. The van der Waals surface area contributed by atoms with E-state index in [4.69, 9.17) is 9.47 Å². The summed E-state index contributed by atoms with van der Waals surface area (Å²) in [5, 5.41) is 5.43. The van der Waals surface area contributed by atoms with Gasteiger partial charge in [-0.15, -0.1) is 0 Å². The molecule has 200 valence electrons. The number of alkyl halides is 2. The van der Waals surface area contributed by atoms with E-state index in [0.717, 1.165) is 5.56 Å². The number of para-hydroxylation sites is 1. The first kappa shape index (κ1) is 27.3. The molecule has 2 N–H and O–H groups in total. The van der Waals surface area contributed by atoms with Crippen molar-refractivity contribution in [1.29, 1.82) is 0 Å². The smallest absolute Gasteiger partial charge is 0.387 e. The Hall–Kier alpha value is -4.76. The molecular formula is C30H26F2N2O5. The van der Waals surface area contributed by atoms with Crippen LogP contribution in [-0.2, 0) is 16.1 Å². The van der Waals surface area contributed by atoms with Gasteiger partial charge in [-0.3, -0.25) is 9.59 Å². The minimum absolute atomic E-state index is 0.0817. The molecule has 0 aliphatic carbocycles. The van der Waals surface area contributed by atoms with E-state index in [0.29, 0.717) is 17.2 Å². The Morgan fingerprint density at radius 2 is 1.31 bits per heavy atom. The van der Waals surface area contributed by atoms with Crippen LogP contribution in [0.15, 0.2) is 109 Å². The molecule has 4 rings (SSSR count). The predicted molar refractivity (Wildman–Crippen MR) is 142 cm³/mol. The summed E-state index contributed by atoms with van der Waals surface area (Å²) in [5.41, 5.74) is 1.57. The highest BCUT2D eigenvalue weighted by Crippen LogP contribution is 2.23. The summed E-state index contributed by atoms with van der Waals surface area (Å²) < 4.78 is 40.6. The number of carbonyl (C=O) groups excluding carboxylic acids is 2. The third-order valence-electron chi connectivity index (χ3n) is 5.46. The average Bonchev–Trinajstić information content (AvgIpc) is 2.94. The maximum atomic E-state index is 13.1. The molecule has 0 aliphatic heterocycles. The topological polar surface area (TPSA) is 85.9 Å². The van der Waals surface area contributed by atoms with Gasteiger partial charge in [-0.2, -0.15) is 8.78 Å². The fourth-order valence-electron chi connectivity index (χ4n) is 3.54. The van der Waals surface area contributed by atoms with Crippen molar-refractivity contribution in [2.45, 2.75) is 19.3 Å². The highest BCUT2D eigenvalue weighted by Gasteiger charge is 2.22. The minimum atomic E-state index is -2.97. The molecule has 0 aliphatic rings. The van der Waals surface area contributed by atoms with E-state index in [9.17, 15) is 18.4 Å². The van der Waals surface area contributed by atoms with E-state index in [1.165, 1.54) is 24.3 Å². The van der Waals surface area contributed by atoms with E-state index < -0.39 is 24.5 Å². The molecule has 0 spiro atoms. The molecule has 2 amide bonds. The van der Waals surface area contributed by atoms with Crippen LogP contribution >= 0.6 is 0 Å². The van der Waals surface area contributed by atoms with Crippen molar-refractivity contribution < 1.29 is 32.6 Å². The molecule has 0 saturated carbocycles. The standard InChI is InChI=1S/C30H26F2N2O5/c31-30(32)39-26-15-11-22(12-16-26)28(35)34-27(20-37-19-21-7-3-1-4-8-21)29(36)33-23-13-17-25(18-14-23)38-24-9-5-2-6-10-24/h1-18,27,30H,19-20H2,(H,33,36)(H,34,35). The molecule has 1 atom stereocenters. The molecule has 0 bridgehead atoms. The second kappa shape index (κ2) is 13.7. The van der Waals surface area contributed by atoms with Gasteiger partial charge >= 0.3 is 6.61 Å². The number of benzene rings is 4. The normalized spacial score (nSPS) is 11.5. The van der Waals surface area contributed by atoms with E-state index in [-0.39, 0.29) is 24.5 Å². The fraction of sp³-hybridized carbons (Fsp3) is 0.133. The number of rotatable bonds is 12. The van der Waals surface area contributed by atoms with Crippen molar-refractivity contribution in [3.8, 4) is 17.2 Å². The number of carbonyl (C=O) groups is 2. The van der Waals surface area contributed by atoms with Crippen LogP contribution in [0.4, 0.5) is 14.5 Å². The predicted octanol–water partition coefficient (Wildman–Crippen LogP) is 6.03. The van der Waals surface area contributed by atoms with Crippen molar-refractivity contribution in [1.82, 2.24) is 5.32 Å². The van der Waals surface area contributed by atoms with Crippen molar-refractivity contribution in [3.63, 3.8) is 0 Å². The van der Waals surface area contributed by atoms with Gasteiger partial charge in [0.1, 0.15) is 23.3 Å². The van der Waals surface area contributed by atoms with E-state index in [1.54, 1.807) is 24.3 Å². The monoisotopic (exact) mass is 532 g/mol. The molecule has 7 nitrogen and oxygen atoms in total. The van der Waals surface area contributed by atoms with Crippen molar-refractivity contribution >= 4 is 17.5 Å². The van der Waals surface area contributed by atoms with Crippen LogP contribution < -0.4 is 20.1 Å². The van der Waals surface area contributed by atoms with Gasteiger partial charge in [-0.1, -0.05) is 48.5 Å². The maximum Gasteiger partial charge on any atom is 0.387 e. The van der Waals surface area contributed by atoms with Crippen molar-refractivity contribution in [2.75, 3.05) is 11.9 Å². The van der Waals surface area contributed by atoms with Crippen LogP contribution in [0.5, 0.6) is 17.2 Å². The number of nitrogens with one attached hydrogen (secondary N) is 2. The summed E-state index contributed by atoms with van der Waals surface area (Å²) in [4.78, 5) is 26.0. The van der Waals surface area contributed by atoms with E-state index in [2.05, 4.69) is 15.4 Å². The zero-order valence-corrected chi connectivity index (χ0v) is 20.8. The Kier molecular flexibility index (Phi) is 9.57. The number of ether oxygens (including phenoxy) is 3. The molecule has 0 heterocycles. The van der Waals surface area contributed by atoms with Gasteiger partial charge in [0.25, 0.3) is 5.91 Å². The van der Waals surface area contributed by atoms with Gasteiger partial charge < -0.3 is 24.8 Å². The number of hydrogen-bond acceptors (Lipinski definition) is 5. The van der Waals surface area contributed by atoms with Crippen LogP contribution in [0.1, 0.15) is 15.9 Å². The number of hydrogen-bond donors (Lipinski definition) is 2. The van der Waals surface area contributed by atoms with E-state index in [1.807, 2.05) is 60.7 Å². The van der Waals surface area contributed by atoms with Crippen LogP contribution in [0.25, 0.3) is 0 Å². The summed E-state index contributed by atoms with van der Waals surface area (Å²) in [6.07, 6.45) is 0. The second-order valence-corrected chi connectivity index (χ2v) is 8.36. The Morgan fingerprint density at radius 3 is 1.95 bits per heavy atom. The first-order chi connectivity index (χ1) is 19.0. The van der Waals surface area contributed by atoms with Crippen LogP contribution in [0, 0.1) is 0 Å². The lowest BCUT2D eigenvalue weighted by atomic mass is 10.1. The molecule has 39 heavy (non-hydrogen) atoms. The van der Waals surface area contributed by atoms with Crippen LogP contribution in [0.3, 0.4) is 0 Å². The third-order valence-corrected chi connectivity index (χ3v) is 5.46. The van der Waals surface area contributed by atoms with Crippen LogP contribution in [-0.4, -0.2) is 31.1 Å². The van der Waals surface area contributed by atoms with Gasteiger partial charge in [0.05, 0.1) is 13.2 Å². The van der Waals surface area contributed by atoms with Gasteiger partial charge in [0.15, 0.2) is 0 Å². The van der Waals surface area contributed by atoms with Crippen molar-refractivity contribution in [3.05, 3.63) is 120 Å². The highest BCUT2D eigenvalue weighted by molar-refractivity contribution is 6.01. The molecule has 0 radical (unpaired) electrons. The summed E-state index contributed by atoms with van der Waals surface area (Å²) >= 11 is 0. The van der Waals surface area contributed by atoms with Crippen molar-refractivity contribution in [2.24, 2.45) is 0 Å². The molecule has 0 aromatic heterocycles. The lowest BCUT2D eigenvalue weighted by Gasteiger charge is -2.19. The summed E-state index contributed by atoms with van der Waals surface area (Å²) in [6, 6.07) is 29.6. The Morgan fingerprint density at radius 1 is 0.718 bits per heavy atom. The Bertz CT molecular complexity index is 1340. The van der Waals surface area contributed by atoms with E-state index >= 15 is 0 Å². The molecule has 0 saturated heterocycles. The maximum absolute atomic E-state index is 13.1. The fourth-order valence-corrected chi connectivity index (χ4v) is 3.54. The van der Waals surface area contributed by atoms with Gasteiger partial charge in [-0.25, -0.2) is 0 Å². The van der Waals surface area contributed by atoms with Crippen LogP contribution in [0.2, 0.25) is 0 Å². The molecule has 0 fully saturated rings. The Labute approximate surface area is 224 Å². The highest BCUT2D eigenvalue weighted by atomic mass is 19.3. The first-order valence-corrected chi connectivity index (χ1v) is 12.1. The lowest BCUT2D eigenvalue weighted by molar-refractivity contribution is -0.119. The molecule has 1 unspecified atom stereocenters. The third kappa shape index (κ3) is 8.65. The second-order valence-electron chi connectivity index (χ2n) is 8.36. The number of amides is 2. The lowest BCUT2D eigenvalue weighted by Crippen LogP contribution is -2.46. The zero-order chi connectivity index (χ0) is 27.5. The molecule has 9 heteroatoms. The minimum Gasteiger partial charge on any atom is -0.457 e. The summed E-state index contributed by atoms with van der Waals surface area (Å²) in [6.45, 7) is -2.83. The summed E-state index contributed by atoms with van der Waals surface area (Å²) in [7, 11) is 0. The zero-order valence-electron chi connectivity index (χ0n) is 20.8. The molecule has 4 aromatic rings. The number of anilines is 1. The van der Waals surface area contributed by atoms with Gasteiger partial charge in [0.2, 0.25) is 5.91 Å². The molecule has 4 aromatic carbocycles. The number of halogens is 2. The average molecular weight is 533 g/mol. The first-order valence-electron chi connectivity index (χ1n) is 12.1. The SMILES string of the molecule is O=C(NC(COCc1ccccc1)C(=O)Nc1ccc(Oc2ccccc2)cc1)c1ccc(OC(F)F)cc1. The van der Waals surface area contributed by atoms with Gasteiger partial charge in [0, 0.05) is 11.3 Å². The summed E-state index contributed by atoms with van der Waals surface area (Å²) in [5.74, 6) is 0.122. The quantitative estimate of drug-likeness (QED) is 0.233. The van der Waals surface area contributed by atoms with Gasteiger partial charge in [-0.05, 0) is 66.2 Å².